The van der Waals surface area contributed by atoms with E-state index in [9.17, 15) is 4.79 Å². The Bertz CT molecular complexity index is 347. The van der Waals surface area contributed by atoms with Gasteiger partial charge in [0.1, 0.15) is 5.75 Å². The average Bonchev–Trinajstić information content (AvgIpc) is 2.25. The second kappa shape index (κ2) is 3.50. The second-order valence-corrected chi connectivity index (χ2v) is 4.00. The maximum Gasteiger partial charge on any atom is 0.311 e. The Kier molecular flexibility index (Phi) is 2.36. The third-order valence-corrected chi connectivity index (χ3v) is 2.57. The van der Waals surface area contributed by atoms with E-state index in [0.29, 0.717) is 12.2 Å². The zero-order valence-electron chi connectivity index (χ0n) is 7.05. The van der Waals surface area contributed by atoms with Crippen molar-refractivity contribution in [3.05, 3.63) is 28.2 Å². The second-order valence-electron chi connectivity index (χ2n) is 3.08. The molecular weight excluding hydrogens is 232 g/mol. The molecule has 13 heavy (non-hydrogen) atoms. The number of halogens is 1. The highest BCUT2D eigenvalue weighted by molar-refractivity contribution is 9.10. The third-order valence-electron chi connectivity index (χ3n) is 2.08. The predicted molar refractivity (Wildman–Crippen MR) is 52.7 cm³/mol. The van der Waals surface area contributed by atoms with Crippen LogP contribution in [0.15, 0.2) is 22.7 Å². The van der Waals surface area contributed by atoms with Crippen molar-refractivity contribution in [1.82, 2.24) is 0 Å². The molecule has 0 atom stereocenters. The average molecular weight is 241 g/mol. The minimum absolute atomic E-state index is 0.128. The van der Waals surface area contributed by atoms with Crippen LogP contribution in [0.5, 0.6) is 5.75 Å². The molecule has 2 rings (SSSR count). The van der Waals surface area contributed by atoms with E-state index in [-0.39, 0.29) is 5.97 Å². The van der Waals surface area contributed by atoms with Gasteiger partial charge in [-0.2, -0.15) is 0 Å². The smallest absolute Gasteiger partial charge is 0.311 e. The van der Waals surface area contributed by atoms with Crippen LogP contribution in [-0.4, -0.2) is 5.97 Å². The van der Waals surface area contributed by atoms with E-state index in [1.54, 1.807) is 0 Å². The maximum absolute atomic E-state index is 11.1. The summed E-state index contributed by atoms with van der Waals surface area (Å²) in [5.74, 6) is 0.578. The van der Waals surface area contributed by atoms with Crippen LogP contribution in [0.3, 0.4) is 0 Å². The molecule has 1 heterocycles. The van der Waals surface area contributed by atoms with E-state index in [4.69, 9.17) is 4.74 Å². The monoisotopic (exact) mass is 240 g/mol. The van der Waals surface area contributed by atoms with Crippen molar-refractivity contribution in [2.45, 2.75) is 19.3 Å². The Balaban J connectivity index is 2.40. The lowest BCUT2D eigenvalue weighted by Gasteiger charge is -2.04. The van der Waals surface area contributed by atoms with Crippen molar-refractivity contribution in [3.8, 4) is 5.75 Å². The first-order valence-corrected chi connectivity index (χ1v) is 5.04. The Morgan fingerprint density at radius 3 is 3.00 bits per heavy atom. The van der Waals surface area contributed by atoms with Crippen LogP contribution in [0, 0.1) is 0 Å². The number of fused-ring (bicyclic) bond motifs is 1. The predicted octanol–water partition coefficient (Wildman–Crippen LogP) is 2.69. The summed E-state index contributed by atoms with van der Waals surface area (Å²) in [7, 11) is 0. The fraction of sp³-hybridized carbons (Fsp3) is 0.300. The molecule has 0 saturated heterocycles. The summed E-state index contributed by atoms with van der Waals surface area (Å²) in [5.41, 5.74) is 1.12. The van der Waals surface area contributed by atoms with Crippen LogP contribution < -0.4 is 4.74 Å². The number of esters is 1. The Labute approximate surface area is 85.0 Å². The van der Waals surface area contributed by atoms with Gasteiger partial charge < -0.3 is 4.74 Å². The number of carbonyl (C=O) groups excluding carboxylic acids is 1. The first-order valence-electron chi connectivity index (χ1n) is 4.25. The molecule has 0 aromatic heterocycles. The highest BCUT2D eigenvalue weighted by Gasteiger charge is 2.14. The lowest BCUT2D eigenvalue weighted by molar-refractivity contribution is -0.134. The van der Waals surface area contributed by atoms with Gasteiger partial charge in [-0.3, -0.25) is 4.79 Å². The van der Waals surface area contributed by atoms with Crippen LogP contribution in [0.1, 0.15) is 18.4 Å². The Hall–Kier alpha value is -0.830. The van der Waals surface area contributed by atoms with Gasteiger partial charge in [0, 0.05) is 10.9 Å². The molecule has 0 fully saturated rings. The quantitative estimate of drug-likeness (QED) is 0.515. The van der Waals surface area contributed by atoms with Gasteiger partial charge in [0.25, 0.3) is 0 Å². The fourth-order valence-corrected chi connectivity index (χ4v) is 1.77. The fourth-order valence-electron chi connectivity index (χ4n) is 1.43. The van der Waals surface area contributed by atoms with Crippen molar-refractivity contribution >= 4 is 21.9 Å². The summed E-state index contributed by atoms with van der Waals surface area (Å²) in [6.07, 6.45) is 2.33. The zero-order chi connectivity index (χ0) is 9.26. The molecule has 1 aromatic carbocycles. The Morgan fingerprint density at radius 1 is 1.31 bits per heavy atom. The highest BCUT2D eigenvalue weighted by atomic mass is 79.9. The summed E-state index contributed by atoms with van der Waals surface area (Å²) in [6.45, 7) is 0. The van der Waals surface area contributed by atoms with Gasteiger partial charge in [-0.05, 0) is 30.5 Å². The third kappa shape index (κ3) is 1.91. The van der Waals surface area contributed by atoms with Gasteiger partial charge in [0.15, 0.2) is 0 Å². The molecule has 68 valence electrons. The molecule has 1 aromatic rings. The topological polar surface area (TPSA) is 26.3 Å². The van der Waals surface area contributed by atoms with Gasteiger partial charge in [-0.1, -0.05) is 22.0 Å². The van der Waals surface area contributed by atoms with Crippen LogP contribution in [-0.2, 0) is 11.2 Å². The molecule has 0 aliphatic carbocycles. The molecule has 1 aliphatic heterocycles. The number of hydrogen-bond acceptors (Lipinski definition) is 2. The van der Waals surface area contributed by atoms with Gasteiger partial charge in [0.05, 0.1) is 0 Å². The number of hydrogen-bond donors (Lipinski definition) is 0. The summed E-state index contributed by atoms with van der Waals surface area (Å²) in [5, 5.41) is 0. The molecule has 0 bridgehead atoms. The molecule has 3 heteroatoms. The maximum atomic E-state index is 11.1. The summed E-state index contributed by atoms with van der Waals surface area (Å²) in [6, 6.07) is 5.81. The Morgan fingerprint density at radius 2 is 2.15 bits per heavy atom. The minimum atomic E-state index is -0.128. The molecule has 0 amide bonds. The molecule has 2 nitrogen and oxygen atoms in total. The van der Waals surface area contributed by atoms with E-state index in [1.165, 1.54) is 0 Å². The number of rotatable bonds is 0. The van der Waals surface area contributed by atoms with Crippen molar-refractivity contribution < 1.29 is 9.53 Å². The van der Waals surface area contributed by atoms with Crippen molar-refractivity contribution in [2.24, 2.45) is 0 Å². The lowest BCUT2D eigenvalue weighted by Crippen LogP contribution is -2.05. The summed E-state index contributed by atoms with van der Waals surface area (Å²) in [4.78, 5) is 11.1. The van der Waals surface area contributed by atoms with Crippen molar-refractivity contribution in [1.29, 1.82) is 0 Å². The number of aryl methyl sites for hydroxylation is 1. The zero-order valence-corrected chi connectivity index (χ0v) is 8.63. The number of benzene rings is 1. The molecule has 0 spiro atoms. The van der Waals surface area contributed by atoms with Gasteiger partial charge in [-0.15, -0.1) is 0 Å². The van der Waals surface area contributed by atoms with Crippen molar-refractivity contribution in [3.63, 3.8) is 0 Å². The SMILES string of the molecule is O=C1CCCc2ccc(Br)cc2O1. The molecule has 0 unspecified atom stereocenters. The normalized spacial score (nSPS) is 15.9. The van der Waals surface area contributed by atoms with E-state index in [2.05, 4.69) is 15.9 Å². The van der Waals surface area contributed by atoms with E-state index < -0.39 is 0 Å². The van der Waals surface area contributed by atoms with Gasteiger partial charge >= 0.3 is 5.97 Å². The first-order chi connectivity index (χ1) is 6.25. The van der Waals surface area contributed by atoms with Crippen LogP contribution >= 0.6 is 15.9 Å². The van der Waals surface area contributed by atoms with Crippen LogP contribution in [0.2, 0.25) is 0 Å². The van der Waals surface area contributed by atoms with Crippen LogP contribution in [0.4, 0.5) is 0 Å². The lowest BCUT2D eigenvalue weighted by atomic mass is 10.1. The minimum Gasteiger partial charge on any atom is -0.426 e. The van der Waals surface area contributed by atoms with Crippen LogP contribution in [0.25, 0.3) is 0 Å². The molecule has 0 radical (unpaired) electrons. The summed E-state index contributed by atoms with van der Waals surface area (Å²) >= 11 is 3.34. The molecular formula is C10H9BrO2. The van der Waals surface area contributed by atoms with E-state index in [0.717, 1.165) is 22.9 Å². The highest BCUT2D eigenvalue weighted by Crippen LogP contribution is 2.27. The van der Waals surface area contributed by atoms with Gasteiger partial charge in [-0.25, -0.2) is 0 Å². The van der Waals surface area contributed by atoms with Gasteiger partial charge in [0.2, 0.25) is 0 Å². The first kappa shape index (κ1) is 8.75. The van der Waals surface area contributed by atoms with Crippen molar-refractivity contribution in [2.75, 3.05) is 0 Å². The van der Waals surface area contributed by atoms with E-state index >= 15 is 0 Å². The number of carbonyl (C=O) groups is 1. The van der Waals surface area contributed by atoms with E-state index in [1.807, 2.05) is 18.2 Å². The molecule has 0 N–H and O–H groups in total. The number of ether oxygens (including phenoxy) is 1. The standard InChI is InChI=1S/C10H9BrO2/c11-8-5-4-7-2-1-3-10(12)13-9(7)6-8/h4-6H,1-3H2. The molecule has 1 aliphatic rings. The summed E-state index contributed by atoms with van der Waals surface area (Å²) < 4.78 is 6.11. The largest absolute Gasteiger partial charge is 0.426 e. The molecule has 0 saturated carbocycles.